The van der Waals surface area contributed by atoms with E-state index in [9.17, 15) is 0 Å². The standard InChI is InChI=1S/C8H19NO2/c1-8(2,3)7(6-10)11-5-4-9/h7,10H,4-6,9H2,1-3H3. The number of aliphatic hydroxyl groups excluding tert-OH is 1. The fraction of sp³-hybridized carbons (Fsp3) is 1.00. The van der Waals surface area contributed by atoms with Crippen molar-refractivity contribution in [1.82, 2.24) is 0 Å². The predicted octanol–water partition coefficient (Wildman–Crippen LogP) is 0.369. The third kappa shape index (κ3) is 4.35. The molecule has 0 aliphatic carbocycles. The van der Waals surface area contributed by atoms with Crippen LogP contribution in [0.4, 0.5) is 0 Å². The summed E-state index contributed by atoms with van der Waals surface area (Å²) in [6, 6.07) is 0. The zero-order valence-corrected chi connectivity index (χ0v) is 7.63. The van der Waals surface area contributed by atoms with Crippen LogP contribution in [0.3, 0.4) is 0 Å². The van der Waals surface area contributed by atoms with Crippen molar-refractivity contribution < 1.29 is 9.84 Å². The molecular formula is C8H19NO2. The Morgan fingerprint density at radius 1 is 1.45 bits per heavy atom. The van der Waals surface area contributed by atoms with Crippen molar-refractivity contribution in [3.05, 3.63) is 0 Å². The molecule has 0 saturated heterocycles. The van der Waals surface area contributed by atoms with Crippen molar-refractivity contribution in [2.45, 2.75) is 26.9 Å². The molecule has 11 heavy (non-hydrogen) atoms. The van der Waals surface area contributed by atoms with Gasteiger partial charge in [-0.1, -0.05) is 20.8 Å². The highest BCUT2D eigenvalue weighted by molar-refractivity contribution is 4.73. The van der Waals surface area contributed by atoms with Crippen molar-refractivity contribution in [3.8, 4) is 0 Å². The molecule has 0 bridgehead atoms. The number of nitrogens with two attached hydrogens (primary N) is 1. The van der Waals surface area contributed by atoms with E-state index in [0.29, 0.717) is 13.2 Å². The smallest absolute Gasteiger partial charge is 0.0854 e. The van der Waals surface area contributed by atoms with E-state index in [1.54, 1.807) is 0 Å². The normalized spacial score (nSPS) is 15.0. The van der Waals surface area contributed by atoms with Crippen LogP contribution in [0.1, 0.15) is 20.8 Å². The van der Waals surface area contributed by atoms with Gasteiger partial charge in [0, 0.05) is 6.54 Å². The van der Waals surface area contributed by atoms with Gasteiger partial charge < -0.3 is 15.6 Å². The van der Waals surface area contributed by atoms with Crippen molar-refractivity contribution in [1.29, 1.82) is 0 Å². The van der Waals surface area contributed by atoms with Crippen LogP contribution in [0.5, 0.6) is 0 Å². The molecule has 0 aromatic heterocycles. The molecule has 0 aromatic rings. The van der Waals surface area contributed by atoms with Crippen LogP contribution in [0, 0.1) is 5.41 Å². The molecule has 0 saturated carbocycles. The van der Waals surface area contributed by atoms with Crippen molar-refractivity contribution in [2.75, 3.05) is 19.8 Å². The fourth-order valence-corrected chi connectivity index (χ4v) is 0.787. The van der Waals surface area contributed by atoms with E-state index in [2.05, 4.69) is 0 Å². The summed E-state index contributed by atoms with van der Waals surface area (Å²) < 4.78 is 5.33. The largest absolute Gasteiger partial charge is 0.394 e. The van der Waals surface area contributed by atoms with Gasteiger partial charge in [0.1, 0.15) is 0 Å². The van der Waals surface area contributed by atoms with E-state index in [0.717, 1.165) is 0 Å². The lowest BCUT2D eigenvalue weighted by Crippen LogP contribution is -2.34. The van der Waals surface area contributed by atoms with Gasteiger partial charge >= 0.3 is 0 Å². The lowest BCUT2D eigenvalue weighted by atomic mass is 9.89. The molecule has 0 aliphatic rings. The summed E-state index contributed by atoms with van der Waals surface area (Å²) in [6.45, 7) is 7.18. The lowest BCUT2D eigenvalue weighted by molar-refractivity contribution is -0.0461. The average molecular weight is 161 g/mol. The highest BCUT2D eigenvalue weighted by Gasteiger charge is 2.23. The van der Waals surface area contributed by atoms with Gasteiger partial charge in [0.25, 0.3) is 0 Å². The summed E-state index contributed by atoms with van der Waals surface area (Å²) in [4.78, 5) is 0. The topological polar surface area (TPSA) is 55.5 Å². The fourth-order valence-electron chi connectivity index (χ4n) is 0.787. The quantitative estimate of drug-likeness (QED) is 0.626. The first-order valence-corrected chi connectivity index (χ1v) is 3.95. The van der Waals surface area contributed by atoms with Gasteiger partial charge in [-0.2, -0.15) is 0 Å². The predicted molar refractivity (Wildman–Crippen MR) is 45.3 cm³/mol. The Morgan fingerprint density at radius 3 is 2.27 bits per heavy atom. The second kappa shape index (κ2) is 4.70. The Kier molecular flexibility index (Phi) is 4.65. The minimum atomic E-state index is -0.106. The van der Waals surface area contributed by atoms with Gasteiger partial charge in [-0.15, -0.1) is 0 Å². The molecule has 0 radical (unpaired) electrons. The second-order valence-corrected chi connectivity index (χ2v) is 3.70. The molecule has 0 rings (SSSR count). The van der Waals surface area contributed by atoms with Crippen LogP contribution in [0.25, 0.3) is 0 Å². The van der Waals surface area contributed by atoms with Gasteiger partial charge in [-0.25, -0.2) is 0 Å². The van der Waals surface area contributed by atoms with Crippen molar-refractivity contribution >= 4 is 0 Å². The van der Waals surface area contributed by atoms with E-state index in [1.807, 2.05) is 20.8 Å². The van der Waals surface area contributed by atoms with Gasteiger partial charge in [0.05, 0.1) is 19.3 Å². The first-order chi connectivity index (χ1) is 5.02. The van der Waals surface area contributed by atoms with Crippen LogP contribution in [0.15, 0.2) is 0 Å². The van der Waals surface area contributed by atoms with E-state index >= 15 is 0 Å². The molecule has 3 N–H and O–H groups in total. The highest BCUT2D eigenvalue weighted by Crippen LogP contribution is 2.21. The molecule has 1 unspecified atom stereocenters. The van der Waals surface area contributed by atoms with Gasteiger partial charge in [-0.05, 0) is 5.41 Å². The summed E-state index contributed by atoms with van der Waals surface area (Å²) in [6.07, 6.45) is -0.106. The SMILES string of the molecule is CC(C)(C)C(CO)OCCN. The maximum absolute atomic E-state index is 8.92. The first kappa shape index (κ1) is 10.9. The summed E-state index contributed by atoms with van der Waals surface area (Å²) in [5, 5.41) is 8.92. The average Bonchev–Trinajstić information content (AvgIpc) is 1.87. The monoisotopic (exact) mass is 161 g/mol. The molecule has 0 spiro atoms. The van der Waals surface area contributed by atoms with Crippen LogP contribution in [-0.2, 0) is 4.74 Å². The molecule has 68 valence electrons. The Morgan fingerprint density at radius 2 is 2.00 bits per heavy atom. The highest BCUT2D eigenvalue weighted by atomic mass is 16.5. The first-order valence-electron chi connectivity index (χ1n) is 3.95. The summed E-state index contributed by atoms with van der Waals surface area (Å²) in [7, 11) is 0. The molecule has 3 nitrogen and oxygen atoms in total. The third-order valence-corrected chi connectivity index (χ3v) is 1.57. The zero-order valence-electron chi connectivity index (χ0n) is 7.63. The van der Waals surface area contributed by atoms with Crippen molar-refractivity contribution in [3.63, 3.8) is 0 Å². The maximum atomic E-state index is 8.92. The number of rotatable bonds is 4. The summed E-state index contributed by atoms with van der Waals surface area (Å²) in [5.41, 5.74) is 5.26. The van der Waals surface area contributed by atoms with E-state index < -0.39 is 0 Å². The maximum Gasteiger partial charge on any atom is 0.0854 e. The van der Waals surface area contributed by atoms with Gasteiger partial charge in [0.15, 0.2) is 0 Å². The summed E-state index contributed by atoms with van der Waals surface area (Å²) >= 11 is 0. The molecule has 0 heterocycles. The Hall–Kier alpha value is -0.120. The molecule has 0 fully saturated rings. The molecule has 3 heteroatoms. The van der Waals surface area contributed by atoms with Crippen LogP contribution >= 0.6 is 0 Å². The molecule has 1 atom stereocenters. The number of hydrogen-bond donors (Lipinski definition) is 2. The third-order valence-electron chi connectivity index (χ3n) is 1.57. The van der Waals surface area contributed by atoms with E-state index in [-0.39, 0.29) is 18.1 Å². The van der Waals surface area contributed by atoms with E-state index in [1.165, 1.54) is 0 Å². The second-order valence-electron chi connectivity index (χ2n) is 3.70. The number of ether oxygens (including phenoxy) is 1. The van der Waals surface area contributed by atoms with Crippen molar-refractivity contribution in [2.24, 2.45) is 11.1 Å². The Balaban J connectivity index is 3.76. The minimum absolute atomic E-state index is 0.0100. The molecule has 0 aromatic carbocycles. The van der Waals surface area contributed by atoms with Gasteiger partial charge in [-0.3, -0.25) is 0 Å². The van der Waals surface area contributed by atoms with Crippen LogP contribution < -0.4 is 5.73 Å². The van der Waals surface area contributed by atoms with Crippen LogP contribution in [0.2, 0.25) is 0 Å². The Bertz CT molecular complexity index is 98.8. The minimum Gasteiger partial charge on any atom is -0.394 e. The molecular weight excluding hydrogens is 142 g/mol. The summed E-state index contributed by atoms with van der Waals surface area (Å²) in [5.74, 6) is 0. The molecule has 0 aliphatic heterocycles. The zero-order chi connectivity index (χ0) is 8.91. The Labute approximate surface area is 68.5 Å². The number of aliphatic hydroxyl groups is 1. The van der Waals surface area contributed by atoms with Crippen LogP contribution in [-0.4, -0.2) is 31.0 Å². The molecule has 0 amide bonds. The number of hydrogen-bond acceptors (Lipinski definition) is 3. The van der Waals surface area contributed by atoms with E-state index in [4.69, 9.17) is 15.6 Å². The van der Waals surface area contributed by atoms with Gasteiger partial charge in [0.2, 0.25) is 0 Å². The lowest BCUT2D eigenvalue weighted by Gasteiger charge is -2.28.